The Balaban J connectivity index is 1.83. The third-order valence-electron chi connectivity index (χ3n) is 4.88. The topological polar surface area (TPSA) is 61.5 Å². The monoisotopic (exact) mass is 343 g/mol. The van der Waals surface area contributed by atoms with Crippen LogP contribution < -0.4 is 5.73 Å². The zero-order valence-electron chi connectivity index (χ0n) is 15.3. The molecule has 1 saturated carbocycles. The molecule has 0 saturated heterocycles. The first-order chi connectivity index (χ1) is 12.2. The van der Waals surface area contributed by atoms with Crippen molar-refractivity contribution in [3.63, 3.8) is 0 Å². The average Bonchev–Trinajstić information content (AvgIpc) is 3.02. The molecule has 0 heterocycles. The Morgan fingerprint density at radius 3 is 2.60 bits per heavy atom. The van der Waals surface area contributed by atoms with Gasteiger partial charge in [-0.1, -0.05) is 30.4 Å². The molecule has 0 bridgehead atoms. The molecule has 0 aromatic heterocycles. The van der Waals surface area contributed by atoms with Crippen molar-refractivity contribution in [2.45, 2.75) is 50.5 Å². The van der Waals surface area contributed by atoms with Gasteiger partial charge in [0.1, 0.15) is 0 Å². The maximum absolute atomic E-state index is 11.8. The molecule has 2 rings (SSSR count). The van der Waals surface area contributed by atoms with Crippen molar-refractivity contribution in [1.29, 1.82) is 0 Å². The second kappa shape index (κ2) is 10.2. The van der Waals surface area contributed by atoms with E-state index in [0.29, 0.717) is 5.92 Å². The number of ether oxygens (including phenoxy) is 2. The smallest absolute Gasteiger partial charge is 0.310 e. The second-order valence-electron chi connectivity index (χ2n) is 6.69. The van der Waals surface area contributed by atoms with Gasteiger partial charge in [-0.15, -0.1) is 0 Å². The van der Waals surface area contributed by atoms with Crippen LogP contribution >= 0.6 is 0 Å². The minimum atomic E-state index is -0.192. The number of hydrogen-bond acceptors (Lipinski definition) is 4. The van der Waals surface area contributed by atoms with E-state index in [1.54, 1.807) is 7.11 Å². The van der Waals surface area contributed by atoms with Crippen LogP contribution in [-0.2, 0) is 14.3 Å². The lowest BCUT2D eigenvalue weighted by molar-refractivity contribution is -0.145. The highest BCUT2D eigenvalue weighted by Gasteiger charge is 2.37. The van der Waals surface area contributed by atoms with Gasteiger partial charge in [0.2, 0.25) is 0 Å². The van der Waals surface area contributed by atoms with Crippen LogP contribution in [0.15, 0.2) is 24.3 Å². The van der Waals surface area contributed by atoms with Crippen molar-refractivity contribution in [2.75, 3.05) is 20.8 Å². The predicted octanol–water partition coefficient (Wildman–Crippen LogP) is 3.24. The van der Waals surface area contributed by atoms with Crippen LogP contribution in [0.5, 0.6) is 0 Å². The van der Waals surface area contributed by atoms with Crippen molar-refractivity contribution in [2.24, 2.45) is 11.7 Å². The summed E-state index contributed by atoms with van der Waals surface area (Å²) in [7, 11) is 3.16. The van der Waals surface area contributed by atoms with E-state index in [4.69, 9.17) is 15.2 Å². The molecule has 1 fully saturated rings. The fourth-order valence-corrected chi connectivity index (χ4v) is 3.40. The van der Waals surface area contributed by atoms with Gasteiger partial charge in [0.15, 0.2) is 0 Å². The average molecular weight is 343 g/mol. The van der Waals surface area contributed by atoms with Gasteiger partial charge in [-0.3, -0.25) is 4.79 Å². The quantitative estimate of drug-likeness (QED) is 0.469. The first kappa shape index (κ1) is 19.5. The van der Waals surface area contributed by atoms with Crippen LogP contribution in [0, 0.1) is 17.8 Å². The number of methoxy groups -OCH3 is 2. The Labute approximate surface area is 151 Å². The van der Waals surface area contributed by atoms with Crippen molar-refractivity contribution in [3.8, 4) is 11.8 Å². The summed E-state index contributed by atoms with van der Waals surface area (Å²) < 4.78 is 9.88. The van der Waals surface area contributed by atoms with Gasteiger partial charge in [-0.2, -0.15) is 0 Å². The fraction of sp³-hybridized carbons (Fsp3) is 0.571. The van der Waals surface area contributed by atoms with E-state index in [2.05, 4.69) is 36.1 Å². The molecule has 2 N–H and O–H groups in total. The van der Waals surface area contributed by atoms with E-state index in [1.165, 1.54) is 12.7 Å². The van der Waals surface area contributed by atoms with Crippen molar-refractivity contribution in [3.05, 3.63) is 35.4 Å². The number of nitrogens with two attached hydrogens (primary N) is 1. The first-order valence-electron chi connectivity index (χ1n) is 9.07. The van der Waals surface area contributed by atoms with E-state index >= 15 is 0 Å². The molecule has 136 valence electrons. The predicted molar refractivity (Wildman–Crippen MR) is 99.1 cm³/mol. The van der Waals surface area contributed by atoms with Gasteiger partial charge in [0.25, 0.3) is 0 Å². The van der Waals surface area contributed by atoms with Crippen molar-refractivity contribution < 1.29 is 14.3 Å². The molecule has 0 amide bonds. The summed E-state index contributed by atoms with van der Waals surface area (Å²) in [5.74, 6) is 6.39. The molecule has 4 nitrogen and oxygen atoms in total. The standard InChI is InChI=1S/C21H29NO3/c1-24-13-7-5-3-4-6-8-16-9-11-17(12-10-16)18-14-19(20(22)15-18)21(23)25-2/h9-12,18-20H,3-5,7,13-15,22H2,1-2H3/t18-,19-,20-/m0/s1. The van der Waals surface area contributed by atoms with Gasteiger partial charge < -0.3 is 15.2 Å². The van der Waals surface area contributed by atoms with E-state index in [0.717, 1.165) is 50.7 Å². The second-order valence-corrected chi connectivity index (χ2v) is 6.69. The number of unbranched alkanes of at least 4 members (excludes halogenated alkanes) is 3. The lowest BCUT2D eigenvalue weighted by Crippen LogP contribution is -2.31. The Kier molecular flexibility index (Phi) is 7.97. The van der Waals surface area contributed by atoms with Crippen LogP contribution in [0.1, 0.15) is 55.6 Å². The molecule has 0 unspecified atom stereocenters. The molecular weight excluding hydrogens is 314 g/mol. The first-order valence-corrected chi connectivity index (χ1v) is 9.07. The zero-order valence-corrected chi connectivity index (χ0v) is 15.3. The third kappa shape index (κ3) is 5.88. The molecule has 1 aromatic carbocycles. The van der Waals surface area contributed by atoms with E-state index in [1.807, 2.05) is 0 Å². The number of hydrogen-bond donors (Lipinski definition) is 1. The molecule has 0 radical (unpaired) electrons. The summed E-state index contributed by atoms with van der Waals surface area (Å²) in [4.78, 5) is 11.8. The number of carbonyl (C=O) groups is 1. The molecular formula is C21H29NO3. The van der Waals surface area contributed by atoms with Gasteiger partial charge in [-0.05, 0) is 49.3 Å². The van der Waals surface area contributed by atoms with E-state index in [-0.39, 0.29) is 17.9 Å². The summed E-state index contributed by atoms with van der Waals surface area (Å²) in [5.41, 5.74) is 8.37. The number of esters is 1. The number of rotatable bonds is 7. The highest BCUT2D eigenvalue weighted by molar-refractivity contribution is 5.73. The minimum absolute atomic E-state index is 0.116. The zero-order chi connectivity index (χ0) is 18.1. The Bertz CT molecular complexity index is 600. The summed E-state index contributed by atoms with van der Waals surface area (Å²) in [6.45, 7) is 0.830. The molecule has 1 aliphatic rings. The molecule has 25 heavy (non-hydrogen) atoms. The van der Waals surface area contributed by atoms with Crippen LogP contribution in [0.25, 0.3) is 0 Å². The normalized spacial score (nSPS) is 22.3. The molecule has 0 spiro atoms. The Morgan fingerprint density at radius 1 is 1.16 bits per heavy atom. The van der Waals surface area contributed by atoms with Crippen LogP contribution in [0.3, 0.4) is 0 Å². The van der Waals surface area contributed by atoms with Crippen LogP contribution in [0.2, 0.25) is 0 Å². The van der Waals surface area contributed by atoms with E-state index < -0.39 is 0 Å². The maximum Gasteiger partial charge on any atom is 0.310 e. The van der Waals surface area contributed by atoms with Crippen LogP contribution in [0.4, 0.5) is 0 Å². The van der Waals surface area contributed by atoms with Gasteiger partial charge >= 0.3 is 5.97 Å². The lowest BCUT2D eigenvalue weighted by Gasteiger charge is -2.11. The summed E-state index contributed by atoms with van der Waals surface area (Å²) in [5, 5.41) is 0. The van der Waals surface area contributed by atoms with Gasteiger partial charge in [0, 0.05) is 31.7 Å². The Morgan fingerprint density at radius 2 is 1.92 bits per heavy atom. The maximum atomic E-state index is 11.8. The SMILES string of the molecule is COCCCCCC#Cc1ccc([C@H]2C[C@H](C(=O)OC)[C@@H](N)C2)cc1. The Hall–Kier alpha value is -1.83. The summed E-state index contributed by atoms with van der Waals surface area (Å²) in [6, 6.07) is 8.23. The number of benzene rings is 1. The summed E-state index contributed by atoms with van der Waals surface area (Å²) >= 11 is 0. The van der Waals surface area contributed by atoms with Gasteiger partial charge in [0.05, 0.1) is 13.0 Å². The third-order valence-corrected chi connectivity index (χ3v) is 4.88. The highest BCUT2D eigenvalue weighted by Crippen LogP contribution is 2.38. The molecule has 3 atom stereocenters. The van der Waals surface area contributed by atoms with Gasteiger partial charge in [-0.25, -0.2) is 0 Å². The molecule has 1 aromatic rings. The minimum Gasteiger partial charge on any atom is -0.469 e. The molecule has 1 aliphatic carbocycles. The van der Waals surface area contributed by atoms with Crippen molar-refractivity contribution >= 4 is 5.97 Å². The van der Waals surface area contributed by atoms with E-state index in [9.17, 15) is 4.79 Å². The number of carbonyl (C=O) groups excluding carboxylic acids is 1. The highest BCUT2D eigenvalue weighted by atomic mass is 16.5. The summed E-state index contributed by atoms with van der Waals surface area (Å²) in [6.07, 6.45) is 5.88. The lowest BCUT2D eigenvalue weighted by atomic mass is 9.95. The van der Waals surface area contributed by atoms with Crippen molar-refractivity contribution in [1.82, 2.24) is 0 Å². The molecule has 0 aliphatic heterocycles. The van der Waals surface area contributed by atoms with Crippen LogP contribution in [-0.4, -0.2) is 32.8 Å². The largest absolute Gasteiger partial charge is 0.469 e. The fourth-order valence-electron chi connectivity index (χ4n) is 3.40. The molecule has 4 heteroatoms.